The third-order valence-electron chi connectivity index (χ3n) is 4.13. The Labute approximate surface area is 83.4 Å². The lowest BCUT2D eigenvalue weighted by atomic mass is 9.71. The fraction of sp³-hybridized carbons (Fsp3) is 0.846. The van der Waals surface area contributed by atoms with E-state index in [4.69, 9.17) is 0 Å². The average molecular weight is 180 g/mol. The zero-order valence-electron chi connectivity index (χ0n) is 10.0. The van der Waals surface area contributed by atoms with Crippen molar-refractivity contribution < 1.29 is 0 Å². The van der Waals surface area contributed by atoms with Crippen LogP contribution in [0, 0.1) is 22.7 Å². The Balaban J connectivity index is 2.99. The van der Waals surface area contributed by atoms with Crippen LogP contribution in [-0.2, 0) is 0 Å². The molecule has 0 bridgehead atoms. The van der Waals surface area contributed by atoms with E-state index in [1.807, 2.05) is 0 Å². The summed E-state index contributed by atoms with van der Waals surface area (Å²) < 4.78 is 0. The Morgan fingerprint density at radius 2 is 1.69 bits per heavy atom. The first-order valence-corrected chi connectivity index (χ1v) is 5.45. The van der Waals surface area contributed by atoms with Crippen LogP contribution in [0.3, 0.4) is 0 Å². The molecule has 0 nitrogen and oxygen atoms in total. The van der Waals surface area contributed by atoms with Crippen molar-refractivity contribution >= 4 is 0 Å². The van der Waals surface area contributed by atoms with E-state index in [-0.39, 0.29) is 0 Å². The molecule has 0 aromatic carbocycles. The molecule has 0 radical (unpaired) electrons. The van der Waals surface area contributed by atoms with Crippen molar-refractivity contribution in [3.63, 3.8) is 0 Å². The van der Waals surface area contributed by atoms with Crippen molar-refractivity contribution in [3.05, 3.63) is 12.2 Å². The van der Waals surface area contributed by atoms with E-state index in [0.717, 1.165) is 11.8 Å². The molecule has 2 unspecified atom stereocenters. The number of allylic oxidation sites excluding steroid dienone is 2. The van der Waals surface area contributed by atoms with Crippen molar-refractivity contribution in [1.29, 1.82) is 0 Å². The van der Waals surface area contributed by atoms with Crippen LogP contribution in [0.2, 0.25) is 0 Å². The molecular formula is C13H24. The molecule has 0 aromatic rings. The van der Waals surface area contributed by atoms with Gasteiger partial charge in [0.15, 0.2) is 0 Å². The number of rotatable bonds is 1. The maximum absolute atomic E-state index is 2.41. The van der Waals surface area contributed by atoms with Crippen molar-refractivity contribution in [2.75, 3.05) is 0 Å². The maximum Gasteiger partial charge on any atom is -0.0128 e. The minimum Gasteiger partial charge on any atom is -0.0913 e. The molecule has 13 heavy (non-hydrogen) atoms. The zero-order valence-corrected chi connectivity index (χ0v) is 10.0. The highest BCUT2D eigenvalue weighted by molar-refractivity contribution is 5.08. The molecule has 1 aliphatic carbocycles. The number of hydrogen-bond donors (Lipinski definition) is 0. The molecule has 1 aliphatic rings. The van der Waals surface area contributed by atoms with Gasteiger partial charge in [-0.2, -0.15) is 0 Å². The molecule has 0 heteroatoms. The van der Waals surface area contributed by atoms with E-state index in [9.17, 15) is 0 Å². The Hall–Kier alpha value is -0.260. The third-order valence-corrected chi connectivity index (χ3v) is 4.13. The summed E-state index contributed by atoms with van der Waals surface area (Å²) in [4.78, 5) is 0. The van der Waals surface area contributed by atoms with E-state index >= 15 is 0 Å². The summed E-state index contributed by atoms with van der Waals surface area (Å²) >= 11 is 0. The smallest absolute Gasteiger partial charge is 0.0128 e. The molecule has 0 aromatic heterocycles. The van der Waals surface area contributed by atoms with Gasteiger partial charge in [0.1, 0.15) is 0 Å². The van der Waals surface area contributed by atoms with E-state index in [1.54, 1.807) is 0 Å². The second kappa shape index (κ2) is 3.15. The van der Waals surface area contributed by atoms with Crippen LogP contribution in [-0.4, -0.2) is 0 Å². The molecule has 0 saturated heterocycles. The molecule has 1 saturated carbocycles. The van der Waals surface area contributed by atoms with E-state index in [0.29, 0.717) is 10.8 Å². The fourth-order valence-electron chi connectivity index (χ4n) is 3.19. The minimum atomic E-state index is 0.468. The van der Waals surface area contributed by atoms with Crippen LogP contribution in [0.25, 0.3) is 0 Å². The normalized spacial score (nSPS) is 37.1. The van der Waals surface area contributed by atoms with Gasteiger partial charge in [-0.05, 0) is 36.0 Å². The van der Waals surface area contributed by atoms with Gasteiger partial charge in [-0.25, -0.2) is 0 Å². The first-order chi connectivity index (χ1) is 5.82. The topological polar surface area (TPSA) is 0 Å². The molecular weight excluding hydrogens is 156 g/mol. The molecule has 0 amide bonds. The Kier molecular flexibility index (Phi) is 2.62. The van der Waals surface area contributed by atoms with Crippen LogP contribution in [0.15, 0.2) is 12.2 Å². The SMILES string of the molecule is CC=CC1C(C)(C)CC(C)C1(C)C. The van der Waals surface area contributed by atoms with E-state index in [2.05, 4.69) is 53.7 Å². The lowest BCUT2D eigenvalue weighted by Crippen LogP contribution is -2.27. The molecule has 1 rings (SSSR count). The second-order valence-corrected chi connectivity index (χ2v) is 5.92. The summed E-state index contributed by atoms with van der Waals surface area (Å²) in [6.07, 6.45) is 5.98. The van der Waals surface area contributed by atoms with Gasteiger partial charge in [0.05, 0.1) is 0 Å². The lowest BCUT2D eigenvalue weighted by Gasteiger charge is -2.34. The van der Waals surface area contributed by atoms with Crippen LogP contribution < -0.4 is 0 Å². The van der Waals surface area contributed by atoms with E-state index in [1.165, 1.54) is 6.42 Å². The minimum absolute atomic E-state index is 0.468. The largest absolute Gasteiger partial charge is 0.0913 e. The molecule has 2 atom stereocenters. The number of hydrogen-bond acceptors (Lipinski definition) is 0. The third kappa shape index (κ3) is 1.68. The summed E-state index contributed by atoms with van der Waals surface area (Å²) in [5.74, 6) is 1.57. The van der Waals surface area contributed by atoms with Crippen molar-refractivity contribution in [2.24, 2.45) is 22.7 Å². The molecule has 1 fully saturated rings. The highest BCUT2D eigenvalue weighted by Gasteiger charge is 2.49. The summed E-state index contributed by atoms with van der Waals surface area (Å²) in [6, 6.07) is 0. The Morgan fingerprint density at radius 3 is 2.00 bits per heavy atom. The summed E-state index contributed by atoms with van der Waals surface area (Å²) in [5.41, 5.74) is 0.950. The van der Waals surface area contributed by atoms with Crippen LogP contribution in [0.4, 0.5) is 0 Å². The maximum atomic E-state index is 2.41. The Bertz CT molecular complexity index is 208. The van der Waals surface area contributed by atoms with Crippen LogP contribution >= 0.6 is 0 Å². The van der Waals surface area contributed by atoms with Crippen LogP contribution in [0.1, 0.15) is 48.0 Å². The molecule has 0 heterocycles. The predicted molar refractivity (Wildman–Crippen MR) is 59.6 cm³/mol. The summed E-state index contributed by atoms with van der Waals surface area (Å²) in [6.45, 7) is 14.2. The molecule has 0 aliphatic heterocycles. The van der Waals surface area contributed by atoms with Gasteiger partial charge >= 0.3 is 0 Å². The predicted octanol–water partition coefficient (Wildman–Crippen LogP) is 4.27. The van der Waals surface area contributed by atoms with Crippen molar-refractivity contribution in [1.82, 2.24) is 0 Å². The summed E-state index contributed by atoms with van der Waals surface area (Å²) in [5, 5.41) is 0. The molecule has 0 spiro atoms. The molecule has 0 N–H and O–H groups in total. The lowest BCUT2D eigenvalue weighted by molar-refractivity contribution is 0.188. The van der Waals surface area contributed by atoms with Crippen molar-refractivity contribution in [3.8, 4) is 0 Å². The zero-order chi connectivity index (χ0) is 10.3. The summed E-state index contributed by atoms with van der Waals surface area (Å²) in [7, 11) is 0. The Morgan fingerprint density at radius 1 is 1.15 bits per heavy atom. The average Bonchev–Trinajstić information content (AvgIpc) is 2.10. The molecule has 76 valence electrons. The van der Waals surface area contributed by atoms with Gasteiger partial charge in [0, 0.05) is 0 Å². The quantitative estimate of drug-likeness (QED) is 0.529. The van der Waals surface area contributed by atoms with Gasteiger partial charge in [-0.3, -0.25) is 0 Å². The standard InChI is InChI=1S/C13H24/c1-7-8-11-12(3,4)9-10(2)13(11,5)6/h7-8,10-11H,9H2,1-6H3. The fourth-order valence-corrected chi connectivity index (χ4v) is 3.19. The highest BCUT2D eigenvalue weighted by atomic mass is 14.5. The first kappa shape index (κ1) is 10.8. The highest BCUT2D eigenvalue weighted by Crippen LogP contribution is 2.57. The first-order valence-electron chi connectivity index (χ1n) is 5.45. The van der Waals surface area contributed by atoms with Gasteiger partial charge < -0.3 is 0 Å². The van der Waals surface area contributed by atoms with Gasteiger partial charge in [0.2, 0.25) is 0 Å². The van der Waals surface area contributed by atoms with Gasteiger partial charge in [-0.1, -0.05) is 46.8 Å². The second-order valence-electron chi connectivity index (χ2n) is 5.92. The van der Waals surface area contributed by atoms with Gasteiger partial charge in [-0.15, -0.1) is 0 Å². The van der Waals surface area contributed by atoms with Crippen molar-refractivity contribution in [2.45, 2.75) is 48.0 Å². The van der Waals surface area contributed by atoms with Crippen LogP contribution in [0.5, 0.6) is 0 Å². The van der Waals surface area contributed by atoms with Gasteiger partial charge in [0.25, 0.3) is 0 Å². The van der Waals surface area contributed by atoms with E-state index < -0.39 is 0 Å². The monoisotopic (exact) mass is 180 g/mol.